The Morgan fingerprint density at radius 2 is 1.87 bits per heavy atom. The summed E-state index contributed by atoms with van der Waals surface area (Å²) in [5.41, 5.74) is 5.28. The summed E-state index contributed by atoms with van der Waals surface area (Å²) in [6.07, 6.45) is 1.83. The number of anilines is 4. The first-order valence-electron chi connectivity index (χ1n) is 9.56. The fraction of sp³-hybridized carbons (Fsp3) is 0.368. The molecule has 2 aromatic rings. The highest BCUT2D eigenvalue weighted by Crippen LogP contribution is 2.36. The van der Waals surface area contributed by atoms with Gasteiger partial charge in [0.25, 0.3) is 5.91 Å². The van der Waals surface area contributed by atoms with E-state index in [-0.39, 0.29) is 34.6 Å². The Kier molecular flexibility index (Phi) is 6.37. The Morgan fingerprint density at radius 3 is 2.42 bits per heavy atom. The van der Waals surface area contributed by atoms with Crippen molar-refractivity contribution in [1.82, 2.24) is 15.3 Å². The van der Waals surface area contributed by atoms with Crippen molar-refractivity contribution in [3.8, 4) is 0 Å². The molecule has 12 heteroatoms. The van der Waals surface area contributed by atoms with Crippen molar-refractivity contribution in [2.24, 2.45) is 11.7 Å². The molecular weight excluding hydrogens is 412 g/mol. The van der Waals surface area contributed by atoms with Gasteiger partial charge in [0, 0.05) is 19.2 Å². The topological polar surface area (TPSA) is 154 Å². The van der Waals surface area contributed by atoms with E-state index in [4.69, 9.17) is 10.8 Å². The lowest BCUT2D eigenvalue weighted by Crippen LogP contribution is -2.45. The second-order valence-electron chi connectivity index (χ2n) is 7.25. The van der Waals surface area contributed by atoms with Crippen LogP contribution in [-0.4, -0.2) is 46.2 Å². The fourth-order valence-corrected chi connectivity index (χ4v) is 3.25. The third-order valence-corrected chi connectivity index (χ3v) is 4.91. The standard InChI is InChI=1S/C19H23F2N7O3/c1-8(25-19(30)31)14(9-3-4-9)27-18-13(21)6-11(15(22)29)16(28-18)26-10-5-12(20)17(23-2)24-7-10/h5-9,14,25H,3-4H2,1-2H3,(H2,22,29)(H,23,24)(H,30,31)(H2,26,27,28)/t8-,14-/m0/s1. The van der Waals surface area contributed by atoms with Gasteiger partial charge in [0.15, 0.2) is 23.3 Å². The molecule has 2 aromatic heterocycles. The van der Waals surface area contributed by atoms with Crippen molar-refractivity contribution >= 4 is 35.1 Å². The molecule has 31 heavy (non-hydrogen) atoms. The number of nitrogens with one attached hydrogen (secondary N) is 4. The van der Waals surface area contributed by atoms with Crippen LogP contribution in [0.4, 0.5) is 36.7 Å². The van der Waals surface area contributed by atoms with Crippen LogP contribution in [0.1, 0.15) is 30.1 Å². The number of hydrogen-bond acceptors (Lipinski definition) is 7. The van der Waals surface area contributed by atoms with Gasteiger partial charge >= 0.3 is 6.09 Å². The number of primary amides is 1. The third kappa shape index (κ3) is 5.27. The molecule has 0 spiro atoms. The summed E-state index contributed by atoms with van der Waals surface area (Å²) in [6, 6.07) is 1.11. The molecule has 0 unspecified atom stereocenters. The number of nitrogens with two attached hydrogens (primary N) is 1. The van der Waals surface area contributed by atoms with Crippen molar-refractivity contribution in [3.05, 3.63) is 35.5 Å². The minimum absolute atomic E-state index is 0.0299. The molecule has 3 rings (SSSR count). The van der Waals surface area contributed by atoms with E-state index in [1.54, 1.807) is 6.92 Å². The van der Waals surface area contributed by atoms with E-state index in [0.29, 0.717) is 0 Å². The van der Waals surface area contributed by atoms with Gasteiger partial charge in [0.05, 0.1) is 23.5 Å². The van der Waals surface area contributed by atoms with Crippen molar-refractivity contribution in [2.75, 3.05) is 23.0 Å². The highest BCUT2D eigenvalue weighted by molar-refractivity contribution is 5.98. The maximum absolute atomic E-state index is 14.7. The number of carbonyl (C=O) groups excluding carboxylic acids is 1. The first-order chi connectivity index (χ1) is 14.7. The molecule has 1 fully saturated rings. The first-order valence-corrected chi connectivity index (χ1v) is 9.56. The number of aromatic nitrogens is 2. The van der Waals surface area contributed by atoms with Crippen LogP contribution >= 0.6 is 0 Å². The Balaban J connectivity index is 1.92. The molecule has 1 aliphatic carbocycles. The molecule has 0 aliphatic heterocycles. The average molecular weight is 435 g/mol. The van der Waals surface area contributed by atoms with Gasteiger partial charge in [0.1, 0.15) is 5.82 Å². The lowest BCUT2D eigenvalue weighted by Gasteiger charge is -2.26. The molecule has 0 radical (unpaired) electrons. The van der Waals surface area contributed by atoms with Crippen LogP contribution in [0.25, 0.3) is 0 Å². The first kappa shape index (κ1) is 22.0. The summed E-state index contributed by atoms with van der Waals surface area (Å²) in [7, 11) is 1.51. The van der Waals surface area contributed by atoms with Crippen LogP contribution in [0.15, 0.2) is 18.3 Å². The van der Waals surface area contributed by atoms with Gasteiger partial charge in [-0.3, -0.25) is 4.79 Å². The largest absolute Gasteiger partial charge is 0.465 e. The zero-order chi connectivity index (χ0) is 22.7. The van der Waals surface area contributed by atoms with Crippen molar-refractivity contribution < 1.29 is 23.5 Å². The summed E-state index contributed by atoms with van der Waals surface area (Å²) in [4.78, 5) is 30.8. The number of carbonyl (C=O) groups is 2. The van der Waals surface area contributed by atoms with Gasteiger partial charge in [-0.15, -0.1) is 0 Å². The lowest BCUT2D eigenvalue weighted by molar-refractivity contribution is 0.1000. The monoisotopic (exact) mass is 435 g/mol. The van der Waals surface area contributed by atoms with E-state index >= 15 is 0 Å². The van der Waals surface area contributed by atoms with Gasteiger partial charge in [0.2, 0.25) is 0 Å². The van der Waals surface area contributed by atoms with Crippen LogP contribution in [0.3, 0.4) is 0 Å². The molecule has 2 amide bonds. The van der Waals surface area contributed by atoms with Gasteiger partial charge in [-0.05, 0) is 31.7 Å². The molecule has 1 saturated carbocycles. The zero-order valence-electron chi connectivity index (χ0n) is 16.9. The Morgan fingerprint density at radius 1 is 1.19 bits per heavy atom. The molecule has 2 heterocycles. The highest BCUT2D eigenvalue weighted by Gasteiger charge is 2.36. The molecular formula is C19H23F2N7O3. The summed E-state index contributed by atoms with van der Waals surface area (Å²) < 4.78 is 28.7. The van der Waals surface area contributed by atoms with E-state index < -0.39 is 35.7 Å². The predicted octanol–water partition coefficient (Wildman–Crippen LogP) is 2.49. The molecule has 1 aliphatic rings. The Bertz CT molecular complexity index is 1000. The van der Waals surface area contributed by atoms with Gasteiger partial charge < -0.3 is 32.1 Å². The number of nitrogens with zero attached hydrogens (tertiary/aromatic N) is 2. The van der Waals surface area contributed by atoms with Crippen LogP contribution in [0, 0.1) is 17.6 Å². The fourth-order valence-electron chi connectivity index (χ4n) is 3.25. The van der Waals surface area contributed by atoms with Gasteiger partial charge in [-0.25, -0.2) is 23.5 Å². The highest BCUT2D eigenvalue weighted by atomic mass is 19.1. The molecule has 166 valence electrons. The van der Waals surface area contributed by atoms with Crippen molar-refractivity contribution in [1.29, 1.82) is 0 Å². The summed E-state index contributed by atoms with van der Waals surface area (Å²) in [6.45, 7) is 1.66. The second kappa shape index (κ2) is 8.98. The number of rotatable bonds is 9. The molecule has 0 aromatic carbocycles. The summed E-state index contributed by atoms with van der Waals surface area (Å²) >= 11 is 0. The average Bonchev–Trinajstić information content (AvgIpc) is 3.52. The SMILES string of the molecule is CNc1ncc(Nc2nc(N[C@H](C3CC3)[C@H](C)NC(=O)O)c(F)cc2C(N)=O)cc1F. The Hall–Kier alpha value is -3.70. The summed E-state index contributed by atoms with van der Waals surface area (Å²) in [5, 5.41) is 19.6. The number of pyridine rings is 2. The minimum atomic E-state index is -1.20. The molecule has 0 bridgehead atoms. The molecule has 2 atom stereocenters. The van der Waals surface area contributed by atoms with E-state index in [1.165, 1.54) is 13.2 Å². The predicted molar refractivity (Wildman–Crippen MR) is 110 cm³/mol. The number of carboxylic acid groups (broad SMARTS) is 1. The van der Waals surface area contributed by atoms with E-state index in [9.17, 15) is 18.4 Å². The maximum atomic E-state index is 14.7. The third-order valence-electron chi connectivity index (χ3n) is 4.91. The number of hydrogen-bond donors (Lipinski definition) is 6. The number of amides is 2. The zero-order valence-corrected chi connectivity index (χ0v) is 16.9. The summed E-state index contributed by atoms with van der Waals surface area (Å²) in [5.74, 6) is -2.52. The van der Waals surface area contributed by atoms with Crippen molar-refractivity contribution in [2.45, 2.75) is 31.8 Å². The quantitative estimate of drug-likeness (QED) is 0.351. The Labute approximate surface area is 176 Å². The maximum Gasteiger partial charge on any atom is 0.404 e. The second-order valence-corrected chi connectivity index (χ2v) is 7.25. The molecule has 10 nitrogen and oxygen atoms in total. The van der Waals surface area contributed by atoms with Gasteiger partial charge in [-0.2, -0.15) is 0 Å². The van der Waals surface area contributed by atoms with E-state index in [0.717, 1.165) is 25.0 Å². The normalized spacial score (nSPS) is 15.0. The van der Waals surface area contributed by atoms with Crippen molar-refractivity contribution in [3.63, 3.8) is 0 Å². The van der Waals surface area contributed by atoms with Gasteiger partial charge in [-0.1, -0.05) is 0 Å². The van der Waals surface area contributed by atoms with Crippen LogP contribution < -0.4 is 27.0 Å². The molecule has 0 saturated heterocycles. The number of halogens is 2. The van der Waals surface area contributed by atoms with Crippen LogP contribution in [0.5, 0.6) is 0 Å². The molecule has 7 N–H and O–H groups in total. The van der Waals surface area contributed by atoms with E-state index in [2.05, 4.69) is 31.2 Å². The van der Waals surface area contributed by atoms with Crippen LogP contribution in [0.2, 0.25) is 0 Å². The minimum Gasteiger partial charge on any atom is -0.465 e. The van der Waals surface area contributed by atoms with E-state index in [1.807, 2.05) is 0 Å². The smallest absolute Gasteiger partial charge is 0.404 e. The lowest BCUT2D eigenvalue weighted by atomic mass is 10.0. The van der Waals surface area contributed by atoms with Crippen LogP contribution in [-0.2, 0) is 0 Å².